The number of anilines is 1. The summed E-state index contributed by atoms with van der Waals surface area (Å²) in [6.45, 7) is 2.64. The molecule has 132 valence electrons. The first-order valence-corrected chi connectivity index (χ1v) is 8.62. The van der Waals surface area contributed by atoms with Crippen molar-refractivity contribution in [2.45, 2.75) is 32.1 Å². The average Bonchev–Trinajstić information content (AvgIpc) is 2.54. The highest BCUT2D eigenvalue weighted by atomic mass is 35.5. The molecule has 24 heavy (non-hydrogen) atoms. The lowest BCUT2D eigenvalue weighted by atomic mass is 9.88. The maximum atomic E-state index is 12.3. The molecule has 2 aliphatic rings. The molecule has 1 saturated carbocycles. The Morgan fingerprint density at radius 1 is 1.12 bits per heavy atom. The number of benzene rings is 1. The van der Waals surface area contributed by atoms with Crippen LogP contribution in [0.3, 0.4) is 0 Å². The van der Waals surface area contributed by atoms with Crippen LogP contribution in [0.15, 0.2) is 24.3 Å². The minimum absolute atomic E-state index is 0. The van der Waals surface area contributed by atoms with Gasteiger partial charge in [0.2, 0.25) is 5.91 Å². The number of nitrogens with one attached hydrogen (secondary N) is 3. The molecule has 0 spiro atoms. The Hall–Kier alpha value is -1.59. The zero-order chi connectivity index (χ0) is 16.1. The zero-order valence-electron chi connectivity index (χ0n) is 13.8. The van der Waals surface area contributed by atoms with Crippen molar-refractivity contribution in [1.29, 1.82) is 0 Å². The van der Waals surface area contributed by atoms with E-state index in [2.05, 4.69) is 16.0 Å². The van der Waals surface area contributed by atoms with Crippen molar-refractivity contribution < 1.29 is 9.59 Å². The summed E-state index contributed by atoms with van der Waals surface area (Å²) in [6.07, 6.45) is 5.45. The third-order valence-corrected chi connectivity index (χ3v) is 4.79. The summed E-state index contributed by atoms with van der Waals surface area (Å²) in [5.74, 6) is 0.661. The largest absolute Gasteiger partial charge is 0.352 e. The molecule has 1 aromatic carbocycles. The fourth-order valence-electron chi connectivity index (χ4n) is 3.18. The van der Waals surface area contributed by atoms with Gasteiger partial charge >= 0.3 is 0 Å². The molecule has 1 aliphatic carbocycles. The Morgan fingerprint density at radius 2 is 1.88 bits per heavy atom. The lowest BCUT2D eigenvalue weighted by Gasteiger charge is -2.27. The molecule has 5 nitrogen and oxygen atoms in total. The molecule has 0 bridgehead atoms. The standard InChI is InChI=1S/C18H25N3O2.ClH/c22-17(20-12-13-10-19-11-13)15-7-4-8-16(9-15)21-18(23)14-5-2-1-3-6-14;/h4,7-9,13-14,19H,1-3,5-6,10-12H2,(H,20,22)(H,21,23);1H. The van der Waals surface area contributed by atoms with Gasteiger partial charge < -0.3 is 16.0 Å². The van der Waals surface area contributed by atoms with Crippen molar-refractivity contribution in [1.82, 2.24) is 10.6 Å². The van der Waals surface area contributed by atoms with Crippen molar-refractivity contribution in [2.24, 2.45) is 11.8 Å². The second kappa shape index (κ2) is 9.04. The molecule has 1 aromatic rings. The zero-order valence-corrected chi connectivity index (χ0v) is 14.7. The summed E-state index contributed by atoms with van der Waals surface area (Å²) in [5.41, 5.74) is 1.30. The minimum Gasteiger partial charge on any atom is -0.352 e. The van der Waals surface area contributed by atoms with Crippen LogP contribution in [-0.4, -0.2) is 31.4 Å². The van der Waals surface area contributed by atoms with Gasteiger partial charge in [0.1, 0.15) is 0 Å². The van der Waals surface area contributed by atoms with Crippen LogP contribution in [0.5, 0.6) is 0 Å². The summed E-state index contributed by atoms with van der Waals surface area (Å²) >= 11 is 0. The number of hydrogen-bond donors (Lipinski definition) is 3. The maximum Gasteiger partial charge on any atom is 0.251 e. The SMILES string of the molecule is Cl.O=C(NCC1CNC1)c1cccc(NC(=O)C2CCCCC2)c1. The van der Waals surface area contributed by atoms with Gasteiger partial charge in [-0.2, -0.15) is 0 Å². The van der Waals surface area contributed by atoms with Gasteiger partial charge in [-0.3, -0.25) is 9.59 Å². The van der Waals surface area contributed by atoms with Gasteiger partial charge in [-0.25, -0.2) is 0 Å². The van der Waals surface area contributed by atoms with E-state index in [0.717, 1.165) is 38.8 Å². The van der Waals surface area contributed by atoms with Gasteiger partial charge in [-0.05, 0) is 31.0 Å². The highest BCUT2D eigenvalue weighted by Crippen LogP contribution is 2.25. The molecule has 3 N–H and O–H groups in total. The molecule has 1 heterocycles. The van der Waals surface area contributed by atoms with Gasteiger partial charge in [-0.1, -0.05) is 25.3 Å². The highest BCUT2D eigenvalue weighted by Gasteiger charge is 2.21. The quantitative estimate of drug-likeness (QED) is 0.763. The summed E-state index contributed by atoms with van der Waals surface area (Å²) in [7, 11) is 0. The van der Waals surface area contributed by atoms with Crippen molar-refractivity contribution in [3.05, 3.63) is 29.8 Å². The van der Waals surface area contributed by atoms with Gasteiger partial charge in [0, 0.05) is 42.7 Å². The van der Waals surface area contributed by atoms with Crippen LogP contribution in [0.25, 0.3) is 0 Å². The number of carbonyl (C=O) groups is 2. The molecular weight excluding hydrogens is 326 g/mol. The van der Waals surface area contributed by atoms with Crippen molar-refractivity contribution >= 4 is 29.9 Å². The third kappa shape index (κ3) is 4.95. The average molecular weight is 352 g/mol. The van der Waals surface area contributed by atoms with E-state index in [1.165, 1.54) is 6.42 Å². The molecule has 1 aliphatic heterocycles. The van der Waals surface area contributed by atoms with E-state index in [-0.39, 0.29) is 30.1 Å². The predicted octanol–water partition coefficient (Wildman–Crippen LogP) is 2.58. The molecule has 2 fully saturated rings. The van der Waals surface area contributed by atoms with Gasteiger partial charge in [-0.15, -0.1) is 12.4 Å². The summed E-state index contributed by atoms with van der Waals surface area (Å²) in [4.78, 5) is 24.5. The Labute approximate surface area is 149 Å². The van der Waals surface area contributed by atoms with Gasteiger partial charge in [0.05, 0.1) is 0 Å². The van der Waals surface area contributed by atoms with E-state index in [1.54, 1.807) is 12.1 Å². The van der Waals surface area contributed by atoms with Crippen LogP contribution in [0.1, 0.15) is 42.5 Å². The second-order valence-electron chi connectivity index (χ2n) is 6.64. The Morgan fingerprint density at radius 3 is 2.54 bits per heavy atom. The fourth-order valence-corrected chi connectivity index (χ4v) is 3.18. The highest BCUT2D eigenvalue weighted by molar-refractivity contribution is 5.97. The summed E-state index contributed by atoms with van der Waals surface area (Å²) in [5, 5.41) is 9.11. The molecule has 0 unspecified atom stereocenters. The molecule has 0 atom stereocenters. The van der Waals surface area contributed by atoms with Crippen LogP contribution in [0, 0.1) is 11.8 Å². The molecule has 0 radical (unpaired) electrons. The van der Waals surface area contributed by atoms with Crippen LogP contribution >= 0.6 is 12.4 Å². The second-order valence-corrected chi connectivity index (χ2v) is 6.64. The Kier molecular flexibility index (Phi) is 7.06. The number of amides is 2. The maximum absolute atomic E-state index is 12.3. The predicted molar refractivity (Wildman–Crippen MR) is 97.6 cm³/mol. The fraction of sp³-hybridized carbons (Fsp3) is 0.556. The first-order chi connectivity index (χ1) is 11.2. The Balaban J connectivity index is 0.00000208. The van der Waals surface area contributed by atoms with E-state index in [4.69, 9.17) is 0 Å². The van der Waals surface area contributed by atoms with Crippen molar-refractivity contribution in [3.8, 4) is 0 Å². The number of carbonyl (C=O) groups excluding carboxylic acids is 2. The lowest BCUT2D eigenvalue weighted by Crippen LogP contribution is -2.48. The smallest absolute Gasteiger partial charge is 0.251 e. The number of rotatable bonds is 5. The monoisotopic (exact) mass is 351 g/mol. The molecule has 2 amide bonds. The summed E-state index contributed by atoms with van der Waals surface area (Å²) in [6, 6.07) is 7.20. The van der Waals surface area contributed by atoms with E-state index < -0.39 is 0 Å². The van der Waals surface area contributed by atoms with Crippen LogP contribution in [0.2, 0.25) is 0 Å². The third-order valence-electron chi connectivity index (χ3n) is 4.79. The van der Waals surface area contributed by atoms with Crippen molar-refractivity contribution in [2.75, 3.05) is 25.0 Å². The number of hydrogen-bond acceptors (Lipinski definition) is 3. The molecule has 3 rings (SSSR count). The first-order valence-electron chi connectivity index (χ1n) is 8.62. The summed E-state index contributed by atoms with van der Waals surface area (Å²) < 4.78 is 0. The van der Waals surface area contributed by atoms with Crippen LogP contribution in [-0.2, 0) is 4.79 Å². The molecule has 0 aromatic heterocycles. The minimum atomic E-state index is -0.0781. The number of halogens is 1. The van der Waals surface area contributed by atoms with Crippen molar-refractivity contribution in [3.63, 3.8) is 0 Å². The topological polar surface area (TPSA) is 70.2 Å². The van der Waals surface area contributed by atoms with E-state index >= 15 is 0 Å². The molecule has 1 saturated heterocycles. The van der Waals surface area contributed by atoms with E-state index in [0.29, 0.717) is 23.7 Å². The molecular formula is C18H26ClN3O2. The first kappa shape index (κ1) is 18.7. The normalized spacial score (nSPS) is 18.2. The molecule has 6 heteroatoms. The van der Waals surface area contributed by atoms with Gasteiger partial charge in [0.25, 0.3) is 5.91 Å². The van der Waals surface area contributed by atoms with Gasteiger partial charge in [0.15, 0.2) is 0 Å². The van der Waals surface area contributed by atoms with E-state index in [9.17, 15) is 9.59 Å². The Bertz CT molecular complexity index is 569. The van der Waals surface area contributed by atoms with Crippen LogP contribution < -0.4 is 16.0 Å². The van der Waals surface area contributed by atoms with Crippen LogP contribution in [0.4, 0.5) is 5.69 Å². The van der Waals surface area contributed by atoms with E-state index in [1.807, 2.05) is 12.1 Å². The lowest BCUT2D eigenvalue weighted by molar-refractivity contribution is -0.120.